The van der Waals surface area contributed by atoms with Gasteiger partial charge in [-0.05, 0) is 35.6 Å². The van der Waals surface area contributed by atoms with Gasteiger partial charge in [-0.15, -0.1) is 0 Å². The van der Waals surface area contributed by atoms with Gasteiger partial charge in [0.25, 0.3) is 5.91 Å². The summed E-state index contributed by atoms with van der Waals surface area (Å²) in [5.41, 5.74) is 6.58. The molecular formula is C20H24N2O. The first-order chi connectivity index (χ1) is 10.9. The number of hydrazone groups is 1. The predicted octanol–water partition coefficient (Wildman–Crippen LogP) is 4.33. The van der Waals surface area contributed by atoms with E-state index < -0.39 is 0 Å². The van der Waals surface area contributed by atoms with E-state index in [1.54, 1.807) is 0 Å². The first-order valence-electron chi connectivity index (χ1n) is 7.84. The molecule has 23 heavy (non-hydrogen) atoms. The number of carbonyl (C=O) groups is 1. The van der Waals surface area contributed by atoms with Crippen molar-refractivity contribution in [2.45, 2.75) is 39.5 Å². The van der Waals surface area contributed by atoms with Gasteiger partial charge in [-0.2, -0.15) is 5.10 Å². The Morgan fingerprint density at radius 1 is 1.00 bits per heavy atom. The van der Waals surface area contributed by atoms with Crippen LogP contribution >= 0.6 is 0 Å². The Balaban J connectivity index is 1.97. The maximum Gasteiger partial charge on any atom is 0.271 e. The minimum Gasteiger partial charge on any atom is -0.267 e. The molecular weight excluding hydrogens is 284 g/mol. The van der Waals surface area contributed by atoms with Crippen molar-refractivity contribution in [3.8, 4) is 0 Å². The number of amides is 1. The first-order valence-corrected chi connectivity index (χ1v) is 7.84. The maximum absolute atomic E-state index is 12.1. The molecule has 0 aliphatic rings. The maximum atomic E-state index is 12.1. The molecule has 0 saturated carbocycles. The normalized spacial score (nSPS) is 12.1. The molecule has 2 rings (SSSR count). The largest absolute Gasteiger partial charge is 0.271 e. The molecule has 0 aliphatic carbocycles. The molecule has 0 bridgehead atoms. The number of rotatable bonds is 4. The van der Waals surface area contributed by atoms with Crippen LogP contribution in [0.2, 0.25) is 0 Å². The first kappa shape index (κ1) is 16.9. The zero-order chi connectivity index (χ0) is 16.9. The van der Waals surface area contributed by atoms with E-state index in [-0.39, 0.29) is 11.3 Å². The van der Waals surface area contributed by atoms with Gasteiger partial charge in [0.2, 0.25) is 0 Å². The van der Waals surface area contributed by atoms with Crippen molar-refractivity contribution < 1.29 is 4.79 Å². The lowest BCUT2D eigenvalue weighted by Crippen LogP contribution is -2.20. The van der Waals surface area contributed by atoms with Gasteiger partial charge in [0.05, 0.1) is 0 Å². The lowest BCUT2D eigenvalue weighted by molar-refractivity contribution is 0.0954. The van der Waals surface area contributed by atoms with Crippen LogP contribution in [0, 0.1) is 0 Å². The van der Waals surface area contributed by atoms with Crippen molar-refractivity contribution in [3.63, 3.8) is 0 Å². The molecule has 0 unspecified atom stereocenters. The van der Waals surface area contributed by atoms with Crippen LogP contribution in [0.3, 0.4) is 0 Å². The van der Waals surface area contributed by atoms with E-state index in [0.717, 1.165) is 12.1 Å². The average molecular weight is 308 g/mol. The summed E-state index contributed by atoms with van der Waals surface area (Å²) in [7, 11) is 0. The van der Waals surface area contributed by atoms with Crippen LogP contribution in [0.4, 0.5) is 0 Å². The molecule has 0 heterocycles. The van der Waals surface area contributed by atoms with Crippen molar-refractivity contribution in [1.29, 1.82) is 0 Å². The summed E-state index contributed by atoms with van der Waals surface area (Å²) in [5.74, 6) is -0.183. The highest BCUT2D eigenvalue weighted by Crippen LogP contribution is 2.22. The van der Waals surface area contributed by atoms with Gasteiger partial charge >= 0.3 is 0 Å². The predicted molar refractivity (Wildman–Crippen MR) is 95.9 cm³/mol. The molecule has 0 aliphatic heterocycles. The zero-order valence-electron chi connectivity index (χ0n) is 14.3. The average Bonchev–Trinajstić information content (AvgIpc) is 2.53. The third kappa shape index (κ3) is 5.06. The van der Waals surface area contributed by atoms with Gasteiger partial charge < -0.3 is 0 Å². The lowest BCUT2D eigenvalue weighted by atomic mass is 9.87. The van der Waals surface area contributed by atoms with Gasteiger partial charge in [-0.3, -0.25) is 4.79 Å². The van der Waals surface area contributed by atoms with E-state index >= 15 is 0 Å². The number of hydrogen-bond donors (Lipinski definition) is 1. The summed E-state index contributed by atoms with van der Waals surface area (Å²) in [6, 6.07) is 17.8. The Hall–Kier alpha value is -2.42. The highest BCUT2D eigenvalue weighted by atomic mass is 16.2. The second-order valence-electron chi connectivity index (χ2n) is 6.78. The Labute approximate surface area is 138 Å². The van der Waals surface area contributed by atoms with Gasteiger partial charge in [-0.25, -0.2) is 5.43 Å². The van der Waals surface area contributed by atoms with Crippen molar-refractivity contribution in [2.24, 2.45) is 5.10 Å². The second kappa shape index (κ2) is 7.23. The summed E-state index contributed by atoms with van der Waals surface area (Å²) in [4.78, 5) is 12.1. The molecule has 120 valence electrons. The van der Waals surface area contributed by atoms with E-state index in [1.807, 2.05) is 61.5 Å². The molecule has 1 N–H and O–H groups in total. The van der Waals surface area contributed by atoms with Crippen LogP contribution in [0.5, 0.6) is 0 Å². The van der Waals surface area contributed by atoms with E-state index in [4.69, 9.17) is 0 Å². The van der Waals surface area contributed by atoms with Gasteiger partial charge in [0, 0.05) is 17.7 Å². The Morgan fingerprint density at radius 2 is 1.61 bits per heavy atom. The lowest BCUT2D eigenvalue weighted by Gasteiger charge is -2.18. The molecule has 0 saturated heterocycles. The van der Waals surface area contributed by atoms with Gasteiger partial charge in [0.15, 0.2) is 0 Å². The number of benzene rings is 2. The topological polar surface area (TPSA) is 41.5 Å². The monoisotopic (exact) mass is 308 g/mol. The molecule has 3 heteroatoms. The minimum absolute atomic E-state index is 0.0828. The molecule has 0 radical (unpaired) electrons. The summed E-state index contributed by atoms with van der Waals surface area (Å²) >= 11 is 0. The second-order valence-corrected chi connectivity index (χ2v) is 6.78. The molecule has 0 aromatic heterocycles. The van der Waals surface area contributed by atoms with Crippen molar-refractivity contribution in [3.05, 3.63) is 71.3 Å². The Kier molecular flexibility index (Phi) is 5.32. The molecule has 1 amide bonds. The molecule has 3 nitrogen and oxygen atoms in total. The van der Waals surface area contributed by atoms with Crippen molar-refractivity contribution in [2.75, 3.05) is 0 Å². The van der Waals surface area contributed by atoms with Gasteiger partial charge in [-0.1, -0.05) is 63.2 Å². The number of nitrogens with one attached hydrogen (secondary N) is 1. The molecule has 0 fully saturated rings. The number of hydrogen-bond acceptors (Lipinski definition) is 2. The van der Waals surface area contributed by atoms with Gasteiger partial charge in [0.1, 0.15) is 0 Å². The smallest absolute Gasteiger partial charge is 0.267 e. The van der Waals surface area contributed by atoms with E-state index in [2.05, 4.69) is 31.3 Å². The molecule has 0 atom stereocenters. The summed E-state index contributed by atoms with van der Waals surface area (Å²) in [6.45, 7) is 8.37. The van der Waals surface area contributed by atoms with Crippen molar-refractivity contribution >= 4 is 11.6 Å². The van der Waals surface area contributed by atoms with Crippen LogP contribution in [0.15, 0.2) is 59.7 Å². The third-order valence-electron chi connectivity index (χ3n) is 3.66. The molecule has 2 aromatic carbocycles. The Morgan fingerprint density at radius 3 is 2.17 bits per heavy atom. The molecule has 2 aromatic rings. The fraction of sp³-hybridized carbons (Fsp3) is 0.300. The highest BCUT2D eigenvalue weighted by Gasteiger charge is 2.14. The van der Waals surface area contributed by atoms with E-state index in [1.165, 1.54) is 11.1 Å². The number of nitrogens with zero attached hydrogens (tertiary/aromatic N) is 1. The van der Waals surface area contributed by atoms with E-state index in [9.17, 15) is 4.79 Å². The van der Waals surface area contributed by atoms with Crippen LogP contribution in [0.25, 0.3) is 0 Å². The van der Waals surface area contributed by atoms with Crippen LogP contribution < -0.4 is 5.43 Å². The number of carbonyl (C=O) groups excluding carboxylic acids is 1. The zero-order valence-corrected chi connectivity index (χ0v) is 14.3. The van der Waals surface area contributed by atoms with E-state index in [0.29, 0.717) is 5.56 Å². The summed E-state index contributed by atoms with van der Waals surface area (Å²) < 4.78 is 0. The summed E-state index contributed by atoms with van der Waals surface area (Å²) in [6.07, 6.45) is 0.726. The highest BCUT2D eigenvalue weighted by molar-refractivity contribution is 5.95. The fourth-order valence-electron chi connectivity index (χ4n) is 2.26. The van der Waals surface area contributed by atoms with Crippen LogP contribution in [-0.2, 0) is 11.8 Å². The SMILES string of the molecule is C/C(Cc1ccccc1)=N\NC(=O)c1ccc(C(C)(C)C)cc1. The minimum atomic E-state index is -0.183. The van der Waals surface area contributed by atoms with Crippen LogP contribution in [-0.4, -0.2) is 11.6 Å². The van der Waals surface area contributed by atoms with Crippen LogP contribution in [0.1, 0.15) is 49.2 Å². The Bertz CT molecular complexity index is 680. The summed E-state index contributed by atoms with van der Waals surface area (Å²) in [5, 5.41) is 4.18. The quantitative estimate of drug-likeness (QED) is 0.663. The fourth-order valence-corrected chi connectivity index (χ4v) is 2.26. The molecule has 0 spiro atoms. The van der Waals surface area contributed by atoms with Crippen molar-refractivity contribution in [1.82, 2.24) is 5.43 Å². The third-order valence-corrected chi connectivity index (χ3v) is 3.66. The standard InChI is InChI=1S/C20H24N2O/c1-15(14-16-8-6-5-7-9-16)21-22-19(23)17-10-12-18(13-11-17)20(2,3)4/h5-13H,14H2,1-4H3,(H,22,23)/b21-15+.